The first-order valence-electron chi connectivity index (χ1n) is 20.6. The summed E-state index contributed by atoms with van der Waals surface area (Å²) in [7, 11) is 0. The van der Waals surface area contributed by atoms with Crippen LogP contribution in [-0.2, 0) is 58.1 Å². The number of amidine groups is 2. The van der Waals surface area contributed by atoms with Crippen molar-refractivity contribution in [3.05, 3.63) is 118 Å². The average Bonchev–Trinajstić information content (AvgIpc) is 3.17. The van der Waals surface area contributed by atoms with Crippen molar-refractivity contribution in [3.8, 4) is 0 Å². The maximum Gasteiger partial charge on any atom is 3.00 e. The molecule has 374 valence electrons. The zero-order valence-electron chi connectivity index (χ0n) is 41.5. The number of hydrazone groups is 2. The van der Waals surface area contributed by atoms with E-state index in [9.17, 15) is 49.2 Å². The first-order valence-corrected chi connectivity index (χ1v) is 20.6. The monoisotopic (exact) mass is 1120 g/mol. The van der Waals surface area contributed by atoms with Crippen LogP contribution in [0.15, 0.2) is 106 Å². The number of amides is 4. The Morgan fingerprint density at radius 1 is 0.471 bits per heavy atom. The summed E-state index contributed by atoms with van der Waals surface area (Å²) >= 11 is 0. The van der Waals surface area contributed by atoms with Gasteiger partial charge in [-0.25, -0.2) is 9.59 Å². The Bertz CT molecular complexity index is 1870. The second-order valence-corrected chi connectivity index (χ2v) is 15.3. The fourth-order valence-electron chi connectivity index (χ4n) is 4.51. The smallest absolute Gasteiger partial charge is 0.876 e. The molecule has 0 unspecified atom stereocenters. The molecule has 68 heavy (non-hydrogen) atoms. The molecule has 4 amide bonds. The summed E-state index contributed by atoms with van der Waals surface area (Å²) in [4.78, 5) is 72.8. The van der Waals surface area contributed by atoms with Crippen molar-refractivity contribution in [3.63, 3.8) is 0 Å². The molecule has 2 radical (unpaired) electrons. The van der Waals surface area contributed by atoms with Crippen molar-refractivity contribution >= 4 is 46.9 Å². The molecule has 0 aliphatic carbocycles. The van der Waals surface area contributed by atoms with Gasteiger partial charge < -0.3 is 61.5 Å². The Kier molecular flexibility index (Phi) is 36.2. The second-order valence-electron chi connectivity index (χ2n) is 15.3. The minimum absolute atomic E-state index is 0. The molecule has 4 heterocycles. The van der Waals surface area contributed by atoms with Gasteiger partial charge in [0.05, 0.1) is 11.4 Å². The van der Waals surface area contributed by atoms with Crippen LogP contribution in [0.25, 0.3) is 10.9 Å². The molecule has 22 heteroatoms. The van der Waals surface area contributed by atoms with E-state index >= 15 is 0 Å². The first kappa shape index (κ1) is 68.4. The van der Waals surface area contributed by atoms with E-state index in [1.54, 1.807) is 12.4 Å². The van der Waals surface area contributed by atoms with Gasteiger partial charge in [0.2, 0.25) is 0 Å². The van der Waals surface area contributed by atoms with Gasteiger partial charge in [-0.2, -0.15) is 0 Å². The number of ketones is 4. The van der Waals surface area contributed by atoms with Gasteiger partial charge in [0.25, 0.3) is 0 Å². The van der Waals surface area contributed by atoms with Crippen molar-refractivity contribution in [2.45, 2.75) is 135 Å². The normalized spacial score (nSPS) is 13.6. The van der Waals surface area contributed by atoms with Crippen molar-refractivity contribution < 1.29 is 88.1 Å². The van der Waals surface area contributed by atoms with E-state index in [0.717, 1.165) is 24.3 Å². The molecule has 4 rings (SSSR count). The van der Waals surface area contributed by atoms with Crippen molar-refractivity contribution in [1.29, 1.82) is 0 Å². The maximum atomic E-state index is 12.2. The number of urea groups is 2. The van der Waals surface area contributed by atoms with Crippen LogP contribution < -0.4 is 20.4 Å². The van der Waals surface area contributed by atoms with Gasteiger partial charge >= 0.3 is 51.0 Å². The molecule has 2 aliphatic rings. The SMILES string of the molecule is CC(=O)/C=C(/C)[O-].CC(=O)/C=C(/C)[O-].CC(=O)/C=C(/C)[O-].CC(=O)/C=C(/C)[O-].CC(C)N1N=C(c2ccccn2)[N-]N(C(C)C)C1=O.CC(C)N1N=C(c2ccccn2)[N-]N(C(C)C)C1=O.[Ru+3].[Ru+3]. The van der Waals surface area contributed by atoms with Crippen LogP contribution in [-0.4, -0.2) is 101 Å². The molecular weight excluding hydrogens is 1050 g/mol. The Balaban J connectivity index is -0.000000387. The van der Waals surface area contributed by atoms with Crippen molar-refractivity contribution in [2.75, 3.05) is 0 Å². The zero-order valence-corrected chi connectivity index (χ0v) is 45.0. The molecule has 0 saturated heterocycles. The standard InChI is InChI=1S/2C13H18N5O.4C5H8O2.2Ru/c2*1-9(2)17-13(19)18(10(3)4)16-12(15-17)11-7-5-6-8-14-11;4*1-4(6)3-5(2)7;;/h2*5-10H,1-4H3;4*3,6H,1-2H3;;/q2*-1;;;;;2*+3/p-4/b;;4*4-3-;;. The predicted octanol–water partition coefficient (Wildman–Crippen LogP) is 4.53. The van der Waals surface area contributed by atoms with E-state index in [4.69, 9.17) is 0 Å². The zero-order chi connectivity index (χ0) is 51.4. The molecule has 0 atom stereocenters. The summed E-state index contributed by atoms with van der Waals surface area (Å²) in [6.45, 7) is 26.1. The molecule has 2 aromatic heterocycles. The van der Waals surface area contributed by atoms with Gasteiger partial charge in [-0.15, -0.1) is 23.0 Å². The Morgan fingerprint density at radius 3 is 0.868 bits per heavy atom. The molecule has 0 aromatic carbocycles. The van der Waals surface area contributed by atoms with E-state index in [0.29, 0.717) is 23.1 Å². The third kappa shape index (κ3) is 31.0. The van der Waals surface area contributed by atoms with Crippen LogP contribution >= 0.6 is 0 Å². The summed E-state index contributed by atoms with van der Waals surface area (Å²) in [6.07, 6.45) is 7.59. The molecule has 0 fully saturated rings. The largest absolute Gasteiger partial charge is 3.00 e. The third-order valence-electron chi connectivity index (χ3n) is 6.96. The van der Waals surface area contributed by atoms with Gasteiger partial charge in [-0.1, -0.05) is 39.8 Å². The van der Waals surface area contributed by atoms with E-state index in [1.165, 1.54) is 75.4 Å². The minimum Gasteiger partial charge on any atom is -0.876 e. The molecule has 0 bridgehead atoms. The van der Waals surface area contributed by atoms with Crippen LogP contribution in [0.4, 0.5) is 9.59 Å². The van der Waals surface area contributed by atoms with Crippen LogP contribution in [0, 0.1) is 0 Å². The number of hydrogen-bond donors (Lipinski definition) is 0. The molecule has 0 saturated carbocycles. The average molecular weight is 1120 g/mol. The number of carbonyl (C=O) groups is 6. The summed E-state index contributed by atoms with van der Waals surface area (Å²) in [5, 5.41) is 54.3. The first-order chi connectivity index (χ1) is 30.5. The Hall–Kier alpha value is -6.13. The number of nitrogens with zero attached hydrogens (tertiary/aromatic N) is 10. The fraction of sp³-hybridized carbons (Fsp3) is 0.435. The van der Waals surface area contributed by atoms with Gasteiger partial charge in [0.15, 0.2) is 23.1 Å². The van der Waals surface area contributed by atoms with Gasteiger partial charge in [-0.3, -0.25) is 29.1 Å². The van der Waals surface area contributed by atoms with Crippen molar-refractivity contribution in [2.24, 2.45) is 10.2 Å². The summed E-state index contributed by atoms with van der Waals surface area (Å²) in [5.74, 6) is -0.579. The summed E-state index contributed by atoms with van der Waals surface area (Å²) < 4.78 is 0. The number of pyridine rings is 2. The van der Waals surface area contributed by atoms with Gasteiger partial charge in [0.1, 0.15) is 0 Å². The molecular formula is C46H64N10O10Ru2. The third-order valence-corrected chi connectivity index (χ3v) is 6.96. The number of carbonyl (C=O) groups excluding carboxylic acids is 6. The van der Waals surface area contributed by atoms with Crippen molar-refractivity contribution in [1.82, 2.24) is 30.0 Å². The number of aromatic nitrogens is 2. The van der Waals surface area contributed by atoms with E-state index in [2.05, 4.69) is 31.0 Å². The fourth-order valence-corrected chi connectivity index (χ4v) is 4.51. The van der Waals surface area contributed by atoms with Gasteiger partial charge in [-0.05, 0) is 143 Å². The number of rotatable bonds is 10. The Labute approximate surface area is 426 Å². The molecule has 2 aromatic rings. The van der Waals surface area contributed by atoms with Crippen LogP contribution in [0.5, 0.6) is 0 Å². The molecule has 0 N–H and O–H groups in total. The maximum absolute atomic E-state index is 12.2. The summed E-state index contributed by atoms with van der Waals surface area (Å²) in [6, 6.07) is 10.6. The minimum atomic E-state index is -0.204. The number of allylic oxidation sites excluding steroid dienone is 8. The quantitative estimate of drug-likeness (QED) is 0.180. The van der Waals surface area contributed by atoms with E-state index < -0.39 is 0 Å². The summed E-state index contributed by atoms with van der Waals surface area (Å²) in [5.41, 5.74) is 9.91. The predicted molar refractivity (Wildman–Crippen MR) is 245 cm³/mol. The van der Waals surface area contributed by atoms with Gasteiger partial charge in [0, 0.05) is 36.6 Å². The molecule has 2 aliphatic heterocycles. The molecule has 20 nitrogen and oxygen atoms in total. The van der Waals surface area contributed by atoms with E-state index in [1.807, 2.05) is 91.8 Å². The Morgan fingerprint density at radius 2 is 0.721 bits per heavy atom. The topological polar surface area (TPSA) is 286 Å². The van der Waals surface area contributed by atoms with Crippen LogP contribution in [0.3, 0.4) is 0 Å². The second kappa shape index (κ2) is 36.0. The number of hydrogen-bond acceptors (Lipinski definition) is 14. The molecule has 0 spiro atoms. The van der Waals surface area contributed by atoms with Crippen LogP contribution in [0.2, 0.25) is 0 Å². The van der Waals surface area contributed by atoms with E-state index in [-0.39, 0.29) is 121 Å². The van der Waals surface area contributed by atoms with Crippen LogP contribution in [0.1, 0.15) is 122 Å².